The Balaban J connectivity index is 1.33. The number of carbonyl (C=O) groups is 1. The molecule has 1 unspecified atom stereocenters. The van der Waals surface area contributed by atoms with Crippen molar-refractivity contribution in [3.63, 3.8) is 0 Å². The van der Waals surface area contributed by atoms with Gasteiger partial charge in [-0.05, 0) is 48.4 Å². The summed E-state index contributed by atoms with van der Waals surface area (Å²) in [6.45, 7) is 3.15. The van der Waals surface area contributed by atoms with Gasteiger partial charge in [0.1, 0.15) is 6.10 Å². The van der Waals surface area contributed by atoms with E-state index in [1.54, 1.807) is 6.07 Å². The summed E-state index contributed by atoms with van der Waals surface area (Å²) < 4.78 is 18.6. The van der Waals surface area contributed by atoms with Crippen LogP contribution < -0.4 is 14.8 Å². The molecule has 3 heterocycles. The van der Waals surface area contributed by atoms with Crippen LogP contribution in [0, 0.1) is 6.92 Å². The molecule has 0 saturated carbocycles. The highest BCUT2D eigenvalue weighted by Gasteiger charge is 2.25. The van der Waals surface area contributed by atoms with Crippen LogP contribution in [0.25, 0.3) is 0 Å². The molecule has 7 nitrogen and oxygen atoms in total. The van der Waals surface area contributed by atoms with Crippen molar-refractivity contribution in [2.75, 3.05) is 12.1 Å². The fourth-order valence-electron chi connectivity index (χ4n) is 3.47. The largest absolute Gasteiger partial charge is 0.454 e. The van der Waals surface area contributed by atoms with Gasteiger partial charge in [0.05, 0.1) is 18.8 Å². The molecule has 28 heavy (non-hydrogen) atoms. The first-order valence-corrected chi connectivity index (χ1v) is 9.11. The first kappa shape index (κ1) is 16.8. The van der Waals surface area contributed by atoms with Crippen molar-refractivity contribution in [1.29, 1.82) is 0 Å². The van der Waals surface area contributed by atoms with Crippen LogP contribution in [-0.4, -0.2) is 22.5 Å². The zero-order chi connectivity index (χ0) is 19.1. The number of nitrogens with one attached hydrogen (secondary N) is 1. The van der Waals surface area contributed by atoms with E-state index in [-0.39, 0.29) is 18.8 Å². The first-order chi connectivity index (χ1) is 13.7. The van der Waals surface area contributed by atoms with Gasteiger partial charge in [-0.25, -0.2) is 0 Å². The molecule has 3 aromatic rings. The molecule has 5 rings (SSSR count). The maximum atomic E-state index is 12.6. The number of fused-ring (bicyclic) bond motifs is 2. The van der Waals surface area contributed by atoms with Crippen LogP contribution in [0.5, 0.6) is 11.5 Å². The summed E-state index contributed by atoms with van der Waals surface area (Å²) in [7, 11) is 0. The van der Waals surface area contributed by atoms with Crippen molar-refractivity contribution in [3.8, 4) is 11.5 Å². The van der Waals surface area contributed by atoms with Crippen LogP contribution in [0.2, 0.25) is 0 Å². The highest BCUT2D eigenvalue weighted by molar-refractivity contribution is 6.02. The minimum Gasteiger partial charge on any atom is -0.454 e. The molecule has 0 saturated heterocycles. The number of aromatic nitrogens is 2. The molecule has 0 spiro atoms. The van der Waals surface area contributed by atoms with Crippen LogP contribution in [-0.2, 0) is 17.9 Å². The van der Waals surface area contributed by atoms with Crippen LogP contribution >= 0.6 is 0 Å². The number of rotatable bonds is 3. The third-order valence-electron chi connectivity index (χ3n) is 4.91. The molecule has 1 atom stereocenters. The normalized spacial score (nSPS) is 17.2. The van der Waals surface area contributed by atoms with Crippen LogP contribution in [0.1, 0.15) is 33.4 Å². The predicted octanol–water partition coefficient (Wildman–Crippen LogP) is 3.44. The summed E-state index contributed by atoms with van der Waals surface area (Å²) in [5.74, 6) is 1.24. The van der Waals surface area contributed by atoms with E-state index in [1.807, 2.05) is 54.1 Å². The van der Waals surface area contributed by atoms with E-state index in [1.165, 1.54) is 0 Å². The van der Waals surface area contributed by atoms with Crippen molar-refractivity contribution >= 4 is 11.6 Å². The second-order valence-electron chi connectivity index (χ2n) is 6.94. The predicted molar refractivity (Wildman–Crippen MR) is 101 cm³/mol. The van der Waals surface area contributed by atoms with Gasteiger partial charge in [-0.1, -0.05) is 18.2 Å². The van der Waals surface area contributed by atoms with Gasteiger partial charge in [-0.3, -0.25) is 9.48 Å². The van der Waals surface area contributed by atoms with Gasteiger partial charge in [-0.15, -0.1) is 0 Å². The van der Waals surface area contributed by atoms with Gasteiger partial charge in [0, 0.05) is 5.69 Å². The second kappa shape index (κ2) is 6.69. The number of nitrogens with zero attached hydrogens (tertiary/aromatic N) is 2. The second-order valence-corrected chi connectivity index (χ2v) is 6.94. The summed E-state index contributed by atoms with van der Waals surface area (Å²) in [4.78, 5) is 12.6. The van der Waals surface area contributed by atoms with E-state index < -0.39 is 0 Å². The number of amides is 1. The molecule has 1 aromatic heterocycles. The summed E-state index contributed by atoms with van der Waals surface area (Å²) in [5.41, 5.74) is 4.10. The fourth-order valence-corrected chi connectivity index (χ4v) is 3.47. The van der Waals surface area contributed by atoms with Gasteiger partial charge < -0.3 is 19.5 Å². The molecule has 7 heteroatoms. The van der Waals surface area contributed by atoms with Gasteiger partial charge in [0.15, 0.2) is 17.2 Å². The van der Waals surface area contributed by atoms with E-state index in [0.717, 1.165) is 34.0 Å². The molecule has 1 amide bonds. The zero-order valence-electron chi connectivity index (χ0n) is 15.3. The Morgan fingerprint density at radius 3 is 2.93 bits per heavy atom. The summed E-state index contributed by atoms with van der Waals surface area (Å²) >= 11 is 0. The average molecular weight is 377 g/mol. The van der Waals surface area contributed by atoms with Crippen molar-refractivity contribution < 1.29 is 19.0 Å². The monoisotopic (exact) mass is 377 g/mol. The third-order valence-corrected chi connectivity index (χ3v) is 4.91. The molecule has 2 aromatic carbocycles. The SMILES string of the molecule is Cc1cccc(NC(=O)c2cc3n(n2)CC(c2ccc4c(c2)OCO4)OC3)c1. The Kier molecular flexibility index (Phi) is 4.02. The third kappa shape index (κ3) is 3.10. The highest BCUT2D eigenvalue weighted by Crippen LogP contribution is 2.36. The summed E-state index contributed by atoms with van der Waals surface area (Å²) in [6.07, 6.45) is -0.158. The number of carbonyl (C=O) groups excluding carboxylic acids is 1. The number of ether oxygens (including phenoxy) is 3. The van der Waals surface area contributed by atoms with Crippen LogP contribution in [0.4, 0.5) is 5.69 Å². The van der Waals surface area contributed by atoms with Crippen LogP contribution in [0.3, 0.4) is 0 Å². The summed E-state index contributed by atoms with van der Waals surface area (Å²) in [6, 6.07) is 15.3. The lowest BCUT2D eigenvalue weighted by Crippen LogP contribution is -2.22. The van der Waals surface area contributed by atoms with Gasteiger partial charge in [0.25, 0.3) is 5.91 Å². The van der Waals surface area contributed by atoms with E-state index in [4.69, 9.17) is 14.2 Å². The molecule has 2 aliphatic rings. The number of benzene rings is 2. The standard InChI is InChI=1S/C21H19N3O4/c1-13-3-2-4-15(7-13)22-21(25)17-9-16-11-26-20(10-24(16)23-17)14-5-6-18-19(8-14)28-12-27-18/h2-9,20H,10-12H2,1H3,(H,22,25). The van der Waals surface area contributed by atoms with Crippen molar-refractivity contribution in [2.45, 2.75) is 26.2 Å². The molecule has 0 fully saturated rings. The lowest BCUT2D eigenvalue weighted by Gasteiger charge is -2.24. The molecule has 0 bridgehead atoms. The molecular formula is C21H19N3O4. The molecular weight excluding hydrogens is 358 g/mol. The fraction of sp³-hybridized carbons (Fsp3) is 0.238. The van der Waals surface area contributed by atoms with Gasteiger partial charge in [0.2, 0.25) is 6.79 Å². The van der Waals surface area contributed by atoms with Crippen LogP contribution in [0.15, 0.2) is 48.5 Å². The Labute approximate surface area is 161 Å². The maximum absolute atomic E-state index is 12.6. The number of hydrogen-bond donors (Lipinski definition) is 1. The lowest BCUT2D eigenvalue weighted by molar-refractivity contribution is -0.00127. The Morgan fingerprint density at radius 2 is 2.04 bits per heavy atom. The number of aryl methyl sites for hydroxylation is 1. The molecule has 0 radical (unpaired) electrons. The molecule has 1 N–H and O–H groups in total. The van der Waals surface area contributed by atoms with Gasteiger partial charge >= 0.3 is 0 Å². The average Bonchev–Trinajstić information content (AvgIpc) is 3.33. The minimum absolute atomic E-state index is 0.158. The lowest BCUT2D eigenvalue weighted by atomic mass is 10.1. The molecule has 0 aliphatic carbocycles. The number of hydrogen-bond acceptors (Lipinski definition) is 5. The smallest absolute Gasteiger partial charge is 0.276 e. The molecule has 2 aliphatic heterocycles. The maximum Gasteiger partial charge on any atom is 0.276 e. The van der Waals surface area contributed by atoms with Gasteiger partial charge in [-0.2, -0.15) is 5.10 Å². The Bertz CT molecular complexity index is 1060. The molecule has 142 valence electrons. The summed E-state index contributed by atoms with van der Waals surface area (Å²) in [5, 5.41) is 7.38. The van der Waals surface area contributed by atoms with E-state index >= 15 is 0 Å². The zero-order valence-corrected chi connectivity index (χ0v) is 15.3. The topological polar surface area (TPSA) is 74.6 Å². The van der Waals surface area contributed by atoms with E-state index in [2.05, 4.69) is 10.4 Å². The highest BCUT2D eigenvalue weighted by atomic mass is 16.7. The quantitative estimate of drug-likeness (QED) is 0.757. The Hall–Kier alpha value is -3.32. The van der Waals surface area contributed by atoms with Crippen molar-refractivity contribution in [3.05, 3.63) is 71.0 Å². The van der Waals surface area contributed by atoms with E-state index in [0.29, 0.717) is 18.8 Å². The number of anilines is 1. The van der Waals surface area contributed by atoms with E-state index in [9.17, 15) is 4.79 Å². The van der Waals surface area contributed by atoms with Crippen molar-refractivity contribution in [1.82, 2.24) is 9.78 Å². The first-order valence-electron chi connectivity index (χ1n) is 9.11. The Morgan fingerprint density at radius 1 is 1.14 bits per heavy atom. The minimum atomic E-state index is -0.230. The van der Waals surface area contributed by atoms with Crippen molar-refractivity contribution in [2.24, 2.45) is 0 Å².